The Morgan fingerprint density at radius 1 is 1.44 bits per heavy atom. The fourth-order valence-corrected chi connectivity index (χ4v) is 2.91. The summed E-state index contributed by atoms with van der Waals surface area (Å²) in [6, 6.07) is 0.348. The third-order valence-electron chi connectivity index (χ3n) is 3.05. The third-order valence-corrected chi connectivity index (χ3v) is 3.80. The van der Waals surface area contributed by atoms with E-state index in [4.69, 9.17) is 4.74 Å². The van der Waals surface area contributed by atoms with Gasteiger partial charge in [0.15, 0.2) is 5.90 Å². The standard InChI is InChI=1S/C12H20N2OS/c1-8(2)12-13-10(7-15-12)6-9(3)11-4-5-16-14-11/h8-10H,4-7H2,1-3H3. The summed E-state index contributed by atoms with van der Waals surface area (Å²) in [7, 11) is 0. The molecule has 2 aliphatic rings. The summed E-state index contributed by atoms with van der Waals surface area (Å²) >= 11 is 1.69. The number of nitrogens with zero attached hydrogens (tertiary/aromatic N) is 2. The normalized spacial score (nSPS) is 26.6. The van der Waals surface area contributed by atoms with Gasteiger partial charge in [0.2, 0.25) is 0 Å². The molecule has 0 saturated heterocycles. The topological polar surface area (TPSA) is 34.0 Å². The summed E-state index contributed by atoms with van der Waals surface area (Å²) in [6.07, 6.45) is 2.23. The van der Waals surface area contributed by atoms with Crippen molar-refractivity contribution in [2.45, 2.75) is 39.7 Å². The second-order valence-electron chi connectivity index (χ2n) is 4.89. The Balaban J connectivity index is 1.86. The van der Waals surface area contributed by atoms with Gasteiger partial charge in [0.05, 0.1) is 6.04 Å². The lowest BCUT2D eigenvalue weighted by molar-refractivity contribution is 0.293. The van der Waals surface area contributed by atoms with Gasteiger partial charge in [0, 0.05) is 17.4 Å². The second-order valence-corrected chi connectivity index (χ2v) is 5.74. The molecule has 0 aromatic rings. The van der Waals surface area contributed by atoms with E-state index in [0.717, 1.165) is 31.1 Å². The predicted octanol–water partition coefficient (Wildman–Crippen LogP) is 2.96. The van der Waals surface area contributed by atoms with E-state index in [9.17, 15) is 0 Å². The fraction of sp³-hybridized carbons (Fsp3) is 0.833. The van der Waals surface area contributed by atoms with Gasteiger partial charge in [-0.25, -0.2) is 9.39 Å². The minimum atomic E-state index is 0.348. The molecule has 0 amide bonds. The van der Waals surface area contributed by atoms with Gasteiger partial charge < -0.3 is 4.74 Å². The molecule has 90 valence electrons. The molecule has 3 nitrogen and oxygen atoms in total. The first-order valence-electron chi connectivity index (χ1n) is 6.06. The molecule has 2 heterocycles. The minimum absolute atomic E-state index is 0.348. The van der Waals surface area contributed by atoms with Crippen LogP contribution in [-0.4, -0.2) is 30.0 Å². The van der Waals surface area contributed by atoms with Crippen LogP contribution in [0.2, 0.25) is 0 Å². The van der Waals surface area contributed by atoms with Crippen LogP contribution in [0.1, 0.15) is 33.6 Å². The minimum Gasteiger partial charge on any atom is -0.479 e. The van der Waals surface area contributed by atoms with Gasteiger partial charge in [0.25, 0.3) is 0 Å². The van der Waals surface area contributed by atoms with Crippen molar-refractivity contribution in [1.82, 2.24) is 0 Å². The Morgan fingerprint density at radius 3 is 2.81 bits per heavy atom. The van der Waals surface area contributed by atoms with E-state index in [2.05, 4.69) is 30.2 Å². The molecule has 16 heavy (non-hydrogen) atoms. The molecule has 0 spiro atoms. The van der Waals surface area contributed by atoms with E-state index in [1.54, 1.807) is 11.9 Å². The maximum Gasteiger partial charge on any atom is 0.186 e. The van der Waals surface area contributed by atoms with Crippen LogP contribution in [0.25, 0.3) is 0 Å². The molecule has 0 aromatic heterocycles. The second kappa shape index (κ2) is 5.21. The van der Waals surface area contributed by atoms with Gasteiger partial charge in [-0.1, -0.05) is 20.8 Å². The van der Waals surface area contributed by atoms with E-state index in [1.165, 1.54) is 5.71 Å². The monoisotopic (exact) mass is 240 g/mol. The zero-order valence-electron chi connectivity index (χ0n) is 10.3. The van der Waals surface area contributed by atoms with Gasteiger partial charge in [-0.3, -0.25) is 0 Å². The summed E-state index contributed by atoms with van der Waals surface area (Å²) in [6.45, 7) is 7.27. The average Bonchev–Trinajstić information content (AvgIpc) is 2.87. The van der Waals surface area contributed by atoms with Crippen molar-refractivity contribution in [2.24, 2.45) is 21.2 Å². The van der Waals surface area contributed by atoms with Gasteiger partial charge in [-0.2, -0.15) is 0 Å². The SMILES string of the molecule is CC(C)C1=NC(CC(C)C2=NSCC2)CO1. The number of hydrogen-bond acceptors (Lipinski definition) is 4. The molecule has 0 fully saturated rings. The summed E-state index contributed by atoms with van der Waals surface area (Å²) in [4.78, 5) is 4.63. The van der Waals surface area contributed by atoms with Crippen molar-refractivity contribution in [3.8, 4) is 0 Å². The molecule has 2 aliphatic heterocycles. The van der Waals surface area contributed by atoms with Gasteiger partial charge >= 0.3 is 0 Å². The maximum atomic E-state index is 5.60. The highest BCUT2D eigenvalue weighted by atomic mass is 32.2. The Labute approximate surface area is 102 Å². The summed E-state index contributed by atoms with van der Waals surface area (Å²) in [5.74, 6) is 3.06. The fourth-order valence-electron chi connectivity index (χ4n) is 2.08. The van der Waals surface area contributed by atoms with Crippen LogP contribution in [0.5, 0.6) is 0 Å². The number of hydrogen-bond donors (Lipinski definition) is 0. The Bertz CT molecular complexity index is 312. The molecule has 2 unspecified atom stereocenters. The van der Waals surface area contributed by atoms with Crippen molar-refractivity contribution >= 4 is 23.6 Å². The molecule has 0 aliphatic carbocycles. The zero-order valence-corrected chi connectivity index (χ0v) is 11.1. The molecule has 0 saturated carbocycles. The molecule has 0 bridgehead atoms. The van der Waals surface area contributed by atoms with Crippen molar-refractivity contribution in [3.05, 3.63) is 0 Å². The number of ether oxygens (including phenoxy) is 1. The first-order valence-corrected chi connectivity index (χ1v) is 7.00. The maximum absolute atomic E-state index is 5.60. The quantitative estimate of drug-likeness (QED) is 0.708. The van der Waals surface area contributed by atoms with Crippen molar-refractivity contribution in [1.29, 1.82) is 0 Å². The molecular weight excluding hydrogens is 220 g/mol. The Hall–Kier alpha value is -0.510. The Kier molecular flexibility index (Phi) is 3.90. The lowest BCUT2D eigenvalue weighted by Crippen LogP contribution is -2.17. The van der Waals surface area contributed by atoms with Crippen LogP contribution in [0.4, 0.5) is 0 Å². The first-order chi connectivity index (χ1) is 7.66. The molecule has 2 rings (SSSR count). The van der Waals surface area contributed by atoms with Crippen LogP contribution >= 0.6 is 11.9 Å². The molecular formula is C12H20N2OS. The van der Waals surface area contributed by atoms with E-state index in [0.29, 0.717) is 17.9 Å². The van der Waals surface area contributed by atoms with Gasteiger partial charge in [-0.15, -0.1) is 0 Å². The van der Waals surface area contributed by atoms with Crippen LogP contribution < -0.4 is 0 Å². The number of aliphatic imine (C=N–C) groups is 1. The van der Waals surface area contributed by atoms with Crippen LogP contribution in [0, 0.1) is 11.8 Å². The highest BCUT2D eigenvalue weighted by Crippen LogP contribution is 2.24. The molecule has 0 radical (unpaired) electrons. The molecule has 0 N–H and O–H groups in total. The van der Waals surface area contributed by atoms with Crippen molar-refractivity contribution < 1.29 is 4.74 Å². The van der Waals surface area contributed by atoms with Crippen molar-refractivity contribution in [3.63, 3.8) is 0 Å². The highest BCUT2D eigenvalue weighted by Gasteiger charge is 2.25. The van der Waals surface area contributed by atoms with Crippen LogP contribution in [0.15, 0.2) is 9.39 Å². The summed E-state index contributed by atoms with van der Waals surface area (Å²) in [5, 5.41) is 0. The average molecular weight is 240 g/mol. The van der Waals surface area contributed by atoms with E-state index < -0.39 is 0 Å². The van der Waals surface area contributed by atoms with E-state index in [1.807, 2.05) is 0 Å². The molecule has 0 aromatic carbocycles. The molecule has 4 heteroatoms. The molecule has 2 atom stereocenters. The predicted molar refractivity (Wildman–Crippen MR) is 70.3 cm³/mol. The third kappa shape index (κ3) is 2.78. The van der Waals surface area contributed by atoms with Crippen LogP contribution in [-0.2, 0) is 4.74 Å². The zero-order chi connectivity index (χ0) is 11.5. The largest absolute Gasteiger partial charge is 0.479 e. The lowest BCUT2D eigenvalue weighted by atomic mass is 9.96. The van der Waals surface area contributed by atoms with Gasteiger partial charge in [0.1, 0.15) is 6.61 Å². The summed E-state index contributed by atoms with van der Waals surface area (Å²) < 4.78 is 10.1. The number of rotatable bonds is 4. The lowest BCUT2D eigenvalue weighted by Gasteiger charge is -2.12. The smallest absolute Gasteiger partial charge is 0.186 e. The highest BCUT2D eigenvalue weighted by molar-refractivity contribution is 7.98. The summed E-state index contributed by atoms with van der Waals surface area (Å²) in [5.41, 5.74) is 1.36. The van der Waals surface area contributed by atoms with Crippen LogP contribution in [0.3, 0.4) is 0 Å². The van der Waals surface area contributed by atoms with Gasteiger partial charge in [-0.05, 0) is 30.7 Å². The van der Waals surface area contributed by atoms with E-state index in [-0.39, 0.29) is 0 Å². The van der Waals surface area contributed by atoms with E-state index >= 15 is 0 Å². The Morgan fingerprint density at radius 2 is 2.25 bits per heavy atom. The first kappa shape index (κ1) is 12.0. The van der Waals surface area contributed by atoms with Crippen molar-refractivity contribution in [2.75, 3.05) is 12.4 Å².